The van der Waals surface area contributed by atoms with E-state index in [2.05, 4.69) is 10.3 Å². The largest absolute Gasteiger partial charge is 0.478 e. The van der Waals surface area contributed by atoms with E-state index >= 15 is 0 Å². The molecule has 0 atom stereocenters. The topological polar surface area (TPSA) is 88.5 Å². The van der Waals surface area contributed by atoms with Gasteiger partial charge in [-0.3, -0.25) is 0 Å². The van der Waals surface area contributed by atoms with Crippen LogP contribution in [0.3, 0.4) is 0 Å². The Hall–Kier alpha value is -2.89. The van der Waals surface area contributed by atoms with Gasteiger partial charge in [0.25, 0.3) is 0 Å². The molecule has 0 spiro atoms. The number of hydrogen-bond donors (Lipinski definition) is 2. The summed E-state index contributed by atoms with van der Waals surface area (Å²) in [7, 11) is 0. The summed E-state index contributed by atoms with van der Waals surface area (Å²) in [6.07, 6.45) is 1.58. The highest BCUT2D eigenvalue weighted by molar-refractivity contribution is 5.94. The van der Waals surface area contributed by atoms with E-state index in [1.807, 2.05) is 0 Å². The number of hydrogen-bond acceptors (Lipinski definition) is 5. The second-order valence-electron chi connectivity index (χ2n) is 4.48. The molecule has 0 aliphatic carbocycles. The molecule has 0 bridgehead atoms. The SMILES string of the molecule is CCOC(=O)c1cccnc1NCc1ccc(C(=O)O)cc1. The Bertz CT molecular complexity index is 668. The quantitative estimate of drug-likeness (QED) is 0.797. The maximum absolute atomic E-state index is 11.8. The fourth-order valence-electron chi connectivity index (χ4n) is 1.87. The Morgan fingerprint density at radius 3 is 2.59 bits per heavy atom. The van der Waals surface area contributed by atoms with E-state index in [0.717, 1.165) is 5.56 Å². The predicted octanol–water partition coefficient (Wildman–Crippen LogP) is 2.57. The standard InChI is InChI=1S/C16H16N2O4/c1-2-22-16(21)13-4-3-9-17-14(13)18-10-11-5-7-12(8-6-11)15(19)20/h3-9H,2,10H2,1H3,(H,17,18)(H,19,20). The maximum Gasteiger partial charge on any atom is 0.341 e. The highest BCUT2D eigenvalue weighted by Gasteiger charge is 2.12. The van der Waals surface area contributed by atoms with Crippen LogP contribution >= 0.6 is 0 Å². The number of benzene rings is 1. The van der Waals surface area contributed by atoms with Crippen molar-refractivity contribution in [1.29, 1.82) is 0 Å². The van der Waals surface area contributed by atoms with Gasteiger partial charge in [-0.05, 0) is 36.8 Å². The number of carboxylic acids is 1. The lowest BCUT2D eigenvalue weighted by Crippen LogP contribution is -2.11. The Morgan fingerprint density at radius 1 is 1.23 bits per heavy atom. The number of aromatic carboxylic acids is 1. The number of anilines is 1. The summed E-state index contributed by atoms with van der Waals surface area (Å²) < 4.78 is 4.98. The first kappa shape index (κ1) is 15.5. The number of aromatic nitrogens is 1. The summed E-state index contributed by atoms with van der Waals surface area (Å²) >= 11 is 0. The third kappa shape index (κ3) is 3.82. The van der Waals surface area contributed by atoms with Gasteiger partial charge in [0.1, 0.15) is 11.4 Å². The zero-order chi connectivity index (χ0) is 15.9. The molecular formula is C16H16N2O4. The molecule has 0 saturated heterocycles. The lowest BCUT2D eigenvalue weighted by Gasteiger charge is -2.10. The fourth-order valence-corrected chi connectivity index (χ4v) is 1.87. The van der Waals surface area contributed by atoms with E-state index in [0.29, 0.717) is 24.5 Å². The van der Waals surface area contributed by atoms with Gasteiger partial charge in [0.15, 0.2) is 0 Å². The van der Waals surface area contributed by atoms with Gasteiger partial charge < -0.3 is 15.2 Å². The number of rotatable bonds is 6. The Balaban J connectivity index is 2.08. The average molecular weight is 300 g/mol. The first-order valence-corrected chi connectivity index (χ1v) is 6.80. The van der Waals surface area contributed by atoms with Gasteiger partial charge in [-0.15, -0.1) is 0 Å². The molecule has 0 radical (unpaired) electrons. The molecule has 0 amide bonds. The summed E-state index contributed by atoms with van der Waals surface area (Å²) in [5.41, 5.74) is 1.48. The molecule has 0 unspecified atom stereocenters. The fraction of sp³-hybridized carbons (Fsp3) is 0.188. The molecule has 22 heavy (non-hydrogen) atoms. The minimum absolute atomic E-state index is 0.230. The lowest BCUT2D eigenvalue weighted by atomic mass is 10.1. The second-order valence-corrected chi connectivity index (χ2v) is 4.48. The van der Waals surface area contributed by atoms with Crippen LogP contribution in [0.5, 0.6) is 0 Å². The van der Waals surface area contributed by atoms with Crippen LogP contribution in [0.15, 0.2) is 42.6 Å². The van der Waals surface area contributed by atoms with E-state index < -0.39 is 11.9 Å². The highest BCUT2D eigenvalue weighted by Crippen LogP contribution is 2.14. The number of esters is 1. The van der Waals surface area contributed by atoms with Gasteiger partial charge in [-0.25, -0.2) is 14.6 Å². The van der Waals surface area contributed by atoms with Crippen LogP contribution in [0.1, 0.15) is 33.2 Å². The van der Waals surface area contributed by atoms with E-state index in [9.17, 15) is 9.59 Å². The molecular weight excluding hydrogens is 284 g/mol. The Labute approximate surface area is 127 Å². The molecule has 1 aromatic heterocycles. The summed E-state index contributed by atoms with van der Waals surface area (Å²) in [4.78, 5) is 26.8. The van der Waals surface area contributed by atoms with Crippen molar-refractivity contribution in [1.82, 2.24) is 4.98 Å². The zero-order valence-corrected chi connectivity index (χ0v) is 12.1. The molecule has 0 aliphatic rings. The van der Waals surface area contributed by atoms with Gasteiger partial charge in [0, 0.05) is 12.7 Å². The summed E-state index contributed by atoms with van der Waals surface area (Å²) in [5.74, 6) is -0.962. The Morgan fingerprint density at radius 2 is 1.95 bits per heavy atom. The number of nitrogens with one attached hydrogen (secondary N) is 1. The van der Waals surface area contributed by atoms with E-state index in [1.54, 1.807) is 37.4 Å². The van der Waals surface area contributed by atoms with Crippen LogP contribution in [0, 0.1) is 0 Å². The first-order valence-electron chi connectivity index (χ1n) is 6.80. The number of carbonyl (C=O) groups is 2. The molecule has 0 aliphatic heterocycles. The van der Waals surface area contributed by atoms with Gasteiger partial charge >= 0.3 is 11.9 Å². The molecule has 2 rings (SSSR count). The molecule has 1 heterocycles. The molecule has 0 saturated carbocycles. The number of carbonyl (C=O) groups excluding carboxylic acids is 1. The molecule has 114 valence electrons. The second kappa shape index (κ2) is 7.21. The van der Waals surface area contributed by atoms with Crippen LogP contribution < -0.4 is 5.32 Å². The smallest absolute Gasteiger partial charge is 0.341 e. The number of pyridine rings is 1. The van der Waals surface area contributed by atoms with Crippen molar-refractivity contribution in [2.75, 3.05) is 11.9 Å². The van der Waals surface area contributed by atoms with Gasteiger partial charge in [0.05, 0.1) is 12.2 Å². The predicted molar refractivity (Wildman–Crippen MR) is 80.9 cm³/mol. The van der Waals surface area contributed by atoms with Crippen LogP contribution in [-0.2, 0) is 11.3 Å². The molecule has 6 heteroatoms. The van der Waals surface area contributed by atoms with Crippen LogP contribution in [0.4, 0.5) is 5.82 Å². The van der Waals surface area contributed by atoms with Crippen molar-refractivity contribution in [2.45, 2.75) is 13.5 Å². The van der Waals surface area contributed by atoms with Crippen LogP contribution in [0.25, 0.3) is 0 Å². The molecule has 2 aromatic rings. The number of carboxylic acid groups (broad SMARTS) is 1. The van der Waals surface area contributed by atoms with Crippen molar-refractivity contribution >= 4 is 17.8 Å². The highest BCUT2D eigenvalue weighted by atomic mass is 16.5. The molecule has 6 nitrogen and oxygen atoms in total. The molecule has 2 N–H and O–H groups in total. The van der Waals surface area contributed by atoms with Crippen molar-refractivity contribution in [2.24, 2.45) is 0 Å². The maximum atomic E-state index is 11.8. The van der Waals surface area contributed by atoms with Crippen LogP contribution in [-0.4, -0.2) is 28.6 Å². The molecule has 1 aromatic carbocycles. The third-order valence-corrected chi connectivity index (χ3v) is 2.96. The van der Waals surface area contributed by atoms with Crippen molar-refractivity contribution in [3.63, 3.8) is 0 Å². The van der Waals surface area contributed by atoms with E-state index in [-0.39, 0.29) is 5.56 Å². The number of ether oxygens (including phenoxy) is 1. The minimum Gasteiger partial charge on any atom is -0.478 e. The normalized spacial score (nSPS) is 10.0. The monoisotopic (exact) mass is 300 g/mol. The third-order valence-electron chi connectivity index (χ3n) is 2.96. The number of nitrogens with zero attached hydrogens (tertiary/aromatic N) is 1. The Kier molecular flexibility index (Phi) is 5.08. The van der Waals surface area contributed by atoms with Crippen molar-refractivity contribution in [3.8, 4) is 0 Å². The lowest BCUT2D eigenvalue weighted by molar-refractivity contribution is 0.0526. The summed E-state index contributed by atoms with van der Waals surface area (Å²) in [6, 6.07) is 9.79. The zero-order valence-electron chi connectivity index (χ0n) is 12.1. The van der Waals surface area contributed by atoms with E-state index in [1.165, 1.54) is 12.1 Å². The van der Waals surface area contributed by atoms with Gasteiger partial charge in [-0.1, -0.05) is 12.1 Å². The van der Waals surface area contributed by atoms with Crippen molar-refractivity contribution in [3.05, 3.63) is 59.3 Å². The van der Waals surface area contributed by atoms with E-state index in [4.69, 9.17) is 9.84 Å². The average Bonchev–Trinajstić information content (AvgIpc) is 2.54. The minimum atomic E-state index is -0.964. The summed E-state index contributed by atoms with van der Waals surface area (Å²) in [5, 5.41) is 11.9. The summed E-state index contributed by atoms with van der Waals surface area (Å²) in [6.45, 7) is 2.46. The van der Waals surface area contributed by atoms with Crippen LogP contribution in [0.2, 0.25) is 0 Å². The van der Waals surface area contributed by atoms with Gasteiger partial charge in [0.2, 0.25) is 0 Å². The van der Waals surface area contributed by atoms with Gasteiger partial charge in [-0.2, -0.15) is 0 Å². The molecule has 0 fully saturated rings. The van der Waals surface area contributed by atoms with Crippen molar-refractivity contribution < 1.29 is 19.4 Å². The first-order chi connectivity index (χ1) is 10.6.